The van der Waals surface area contributed by atoms with E-state index in [0.29, 0.717) is 0 Å². The maximum Gasteiger partial charge on any atom is 0.142 e. The summed E-state index contributed by atoms with van der Waals surface area (Å²) in [5, 5.41) is 0.237. The molecule has 1 aliphatic carbocycles. The fourth-order valence-corrected chi connectivity index (χ4v) is 2.25. The molecule has 0 aliphatic heterocycles. The maximum absolute atomic E-state index is 13.3. The minimum atomic E-state index is -0.298. The Bertz CT molecular complexity index is 407. The molecule has 0 aromatic heterocycles. The largest absolute Gasteiger partial charge is 0.205 e. The highest BCUT2D eigenvalue weighted by atomic mass is 35.5. The van der Waals surface area contributed by atoms with Crippen molar-refractivity contribution in [2.75, 3.05) is 0 Å². The zero-order valence-corrected chi connectivity index (χ0v) is 9.57. The topological polar surface area (TPSA) is 0 Å². The summed E-state index contributed by atoms with van der Waals surface area (Å²) in [5.41, 5.74) is 3.69. The molecule has 2 heteroatoms. The van der Waals surface area contributed by atoms with Gasteiger partial charge >= 0.3 is 0 Å². The van der Waals surface area contributed by atoms with Crippen LogP contribution >= 0.6 is 11.6 Å². The average molecular weight is 225 g/mol. The predicted octanol–water partition coefficient (Wildman–Crippen LogP) is 4.30. The van der Waals surface area contributed by atoms with Crippen molar-refractivity contribution in [1.82, 2.24) is 0 Å². The van der Waals surface area contributed by atoms with Crippen molar-refractivity contribution in [3.05, 3.63) is 45.7 Å². The molecule has 1 aromatic rings. The minimum Gasteiger partial charge on any atom is -0.205 e. The third-order valence-electron chi connectivity index (χ3n) is 2.84. The summed E-state index contributed by atoms with van der Waals surface area (Å²) in [6, 6.07) is 3.34. The second-order valence-electron chi connectivity index (χ2n) is 4.03. The summed E-state index contributed by atoms with van der Waals surface area (Å²) in [4.78, 5) is 0. The zero-order valence-electron chi connectivity index (χ0n) is 8.82. The number of benzene rings is 1. The summed E-state index contributed by atoms with van der Waals surface area (Å²) in [6.07, 6.45) is 6.29. The summed E-state index contributed by atoms with van der Waals surface area (Å²) < 4.78 is 13.3. The van der Waals surface area contributed by atoms with Crippen molar-refractivity contribution < 1.29 is 4.39 Å². The number of hydrogen-bond donors (Lipinski definition) is 0. The van der Waals surface area contributed by atoms with E-state index in [1.165, 1.54) is 11.1 Å². The molecule has 0 nitrogen and oxygen atoms in total. The number of fused-ring (bicyclic) bond motifs is 1. The van der Waals surface area contributed by atoms with Gasteiger partial charge in [0.25, 0.3) is 0 Å². The Morgan fingerprint density at radius 2 is 2.13 bits per heavy atom. The first-order valence-corrected chi connectivity index (χ1v) is 5.73. The normalized spacial score (nSPS) is 14.7. The van der Waals surface area contributed by atoms with Crippen LogP contribution in [0.5, 0.6) is 0 Å². The molecule has 80 valence electrons. The molecule has 15 heavy (non-hydrogen) atoms. The Balaban J connectivity index is 2.28. The summed E-state index contributed by atoms with van der Waals surface area (Å²) in [6.45, 7) is 2.17. The van der Waals surface area contributed by atoms with Crippen LogP contribution < -0.4 is 0 Å². The monoisotopic (exact) mass is 224 g/mol. The molecule has 0 unspecified atom stereocenters. The Hall–Kier alpha value is -0.820. The second-order valence-corrected chi connectivity index (χ2v) is 4.44. The van der Waals surface area contributed by atoms with Crippen molar-refractivity contribution in [1.29, 1.82) is 0 Å². The van der Waals surface area contributed by atoms with E-state index in [0.717, 1.165) is 31.2 Å². The Morgan fingerprint density at radius 3 is 2.87 bits per heavy atom. The van der Waals surface area contributed by atoms with Crippen molar-refractivity contribution in [2.24, 2.45) is 0 Å². The van der Waals surface area contributed by atoms with Gasteiger partial charge in [-0.25, -0.2) is 4.39 Å². The number of allylic oxidation sites excluding steroid dienone is 2. The quantitative estimate of drug-likeness (QED) is 0.657. The van der Waals surface area contributed by atoms with Crippen LogP contribution in [0.2, 0.25) is 5.02 Å². The Labute approximate surface area is 94.8 Å². The lowest BCUT2D eigenvalue weighted by Crippen LogP contribution is -2.04. The molecule has 0 saturated heterocycles. The number of rotatable bonds is 2. The van der Waals surface area contributed by atoms with Gasteiger partial charge in [-0.15, -0.1) is 0 Å². The summed E-state index contributed by atoms with van der Waals surface area (Å²) in [5.74, 6) is -0.298. The van der Waals surface area contributed by atoms with Gasteiger partial charge in [0.1, 0.15) is 5.82 Å². The van der Waals surface area contributed by atoms with Gasteiger partial charge in [-0.1, -0.05) is 36.6 Å². The highest BCUT2D eigenvalue weighted by molar-refractivity contribution is 6.30. The van der Waals surface area contributed by atoms with E-state index in [-0.39, 0.29) is 10.8 Å². The molecule has 0 atom stereocenters. The smallest absolute Gasteiger partial charge is 0.142 e. The molecule has 0 fully saturated rings. The molecule has 1 aliphatic rings. The number of halogens is 2. The van der Waals surface area contributed by atoms with E-state index < -0.39 is 0 Å². The van der Waals surface area contributed by atoms with Gasteiger partial charge in [0, 0.05) is 0 Å². The summed E-state index contributed by atoms with van der Waals surface area (Å²) >= 11 is 5.75. The minimum absolute atomic E-state index is 0.237. The standard InChI is InChI=1S/C13H14ClF/c1-2-3-9-4-5-10-7-12(14)13(15)8-11(10)6-9/h4,7-8H,2-3,5-6H2,1H3. The van der Waals surface area contributed by atoms with Crippen LogP contribution in [-0.2, 0) is 12.8 Å². The predicted molar refractivity (Wildman–Crippen MR) is 61.8 cm³/mol. The first-order chi connectivity index (χ1) is 7.20. The summed E-state index contributed by atoms with van der Waals surface area (Å²) in [7, 11) is 0. The average Bonchev–Trinajstić information content (AvgIpc) is 2.21. The SMILES string of the molecule is CCCC1=CCc2cc(Cl)c(F)cc2C1. The van der Waals surface area contributed by atoms with E-state index >= 15 is 0 Å². The second kappa shape index (κ2) is 4.36. The highest BCUT2D eigenvalue weighted by Gasteiger charge is 2.13. The van der Waals surface area contributed by atoms with Crippen LogP contribution in [-0.4, -0.2) is 0 Å². The molecular weight excluding hydrogens is 211 g/mol. The Kier molecular flexibility index (Phi) is 3.11. The Morgan fingerprint density at radius 1 is 1.33 bits per heavy atom. The molecule has 0 N–H and O–H groups in total. The van der Waals surface area contributed by atoms with Crippen molar-refractivity contribution >= 4 is 11.6 Å². The van der Waals surface area contributed by atoms with Crippen LogP contribution in [0.15, 0.2) is 23.8 Å². The molecule has 0 saturated carbocycles. The molecule has 0 heterocycles. The molecule has 0 radical (unpaired) electrons. The van der Waals surface area contributed by atoms with Crippen molar-refractivity contribution in [3.8, 4) is 0 Å². The van der Waals surface area contributed by atoms with Gasteiger partial charge in [-0.05, 0) is 42.5 Å². The molecule has 2 rings (SSSR count). The molecule has 0 spiro atoms. The van der Waals surface area contributed by atoms with Crippen molar-refractivity contribution in [2.45, 2.75) is 32.6 Å². The third kappa shape index (κ3) is 2.23. The molecule has 1 aromatic carbocycles. The zero-order chi connectivity index (χ0) is 10.8. The molecular formula is C13H14ClF. The lowest BCUT2D eigenvalue weighted by Gasteiger charge is -2.17. The van der Waals surface area contributed by atoms with Gasteiger partial charge in [0.2, 0.25) is 0 Å². The first kappa shape index (κ1) is 10.7. The van der Waals surface area contributed by atoms with Crippen LogP contribution in [0.4, 0.5) is 4.39 Å². The van der Waals surface area contributed by atoms with Gasteiger partial charge in [0.05, 0.1) is 5.02 Å². The molecule has 0 bridgehead atoms. The van der Waals surface area contributed by atoms with E-state index in [1.807, 2.05) is 0 Å². The van der Waals surface area contributed by atoms with Gasteiger partial charge in [0.15, 0.2) is 0 Å². The first-order valence-electron chi connectivity index (χ1n) is 5.35. The van der Waals surface area contributed by atoms with Crippen LogP contribution in [0.25, 0.3) is 0 Å². The fourth-order valence-electron chi connectivity index (χ4n) is 2.07. The van der Waals surface area contributed by atoms with E-state index in [1.54, 1.807) is 12.1 Å². The number of hydrogen-bond acceptors (Lipinski definition) is 0. The van der Waals surface area contributed by atoms with Gasteiger partial charge in [-0.2, -0.15) is 0 Å². The van der Waals surface area contributed by atoms with Crippen LogP contribution in [0.1, 0.15) is 30.9 Å². The van der Waals surface area contributed by atoms with Gasteiger partial charge < -0.3 is 0 Å². The maximum atomic E-state index is 13.3. The van der Waals surface area contributed by atoms with Crippen LogP contribution in [0, 0.1) is 5.82 Å². The fraction of sp³-hybridized carbons (Fsp3) is 0.385. The lowest BCUT2D eigenvalue weighted by atomic mass is 9.89. The van der Waals surface area contributed by atoms with Crippen molar-refractivity contribution in [3.63, 3.8) is 0 Å². The van der Waals surface area contributed by atoms with E-state index in [9.17, 15) is 4.39 Å². The lowest BCUT2D eigenvalue weighted by molar-refractivity contribution is 0.624. The van der Waals surface area contributed by atoms with E-state index in [2.05, 4.69) is 13.0 Å². The third-order valence-corrected chi connectivity index (χ3v) is 3.13. The highest BCUT2D eigenvalue weighted by Crippen LogP contribution is 2.27. The molecule has 0 amide bonds. The van der Waals surface area contributed by atoms with Gasteiger partial charge in [-0.3, -0.25) is 0 Å². The van der Waals surface area contributed by atoms with Crippen LogP contribution in [0.3, 0.4) is 0 Å². The van der Waals surface area contributed by atoms with E-state index in [4.69, 9.17) is 11.6 Å².